The van der Waals surface area contributed by atoms with E-state index in [0.29, 0.717) is 18.0 Å². The molecule has 2 aromatic rings. The van der Waals surface area contributed by atoms with Gasteiger partial charge in [0.15, 0.2) is 0 Å². The van der Waals surface area contributed by atoms with Gasteiger partial charge in [0.05, 0.1) is 12.2 Å². The molecule has 18 heavy (non-hydrogen) atoms. The first kappa shape index (κ1) is 12.7. The van der Waals surface area contributed by atoms with Crippen LogP contribution in [-0.4, -0.2) is 9.55 Å². The molecular formula is C14H16F2N2. The van der Waals surface area contributed by atoms with E-state index in [1.54, 1.807) is 0 Å². The standard InChI is InChI=1S/C14H16F2N2/c1-9(2)14-8-18(10(3)17-14)7-11-4-5-12(15)6-13(11)16/h4-6,8-9H,7H2,1-3H3. The third-order valence-corrected chi connectivity index (χ3v) is 2.94. The Balaban J connectivity index is 2.28. The van der Waals surface area contributed by atoms with Gasteiger partial charge in [0, 0.05) is 17.8 Å². The van der Waals surface area contributed by atoms with E-state index < -0.39 is 11.6 Å². The molecule has 0 atom stereocenters. The van der Waals surface area contributed by atoms with Gasteiger partial charge in [-0.25, -0.2) is 13.8 Å². The van der Waals surface area contributed by atoms with Crippen LogP contribution in [0.1, 0.15) is 36.8 Å². The molecule has 2 nitrogen and oxygen atoms in total. The summed E-state index contributed by atoms with van der Waals surface area (Å²) in [6.07, 6.45) is 1.92. The maximum Gasteiger partial charge on any atom is 0.131 e. The predicted octanol–water partition coefficient (Wildman–Crippen LogP) is 3.64. The second-order valence-electron chi connectivity index (χ2n) is 4.73. The van der Waals surface area contributed by atoms with Crippen LogP contribution in [0.5, 0.6) is 0 Å². The van der Waals surface area contributed by atoms with Gasteiger partial charge in [-0.15, -0.1) is 0 Å². The summed E-state index contributed by atoms with van der Waals surface area (Å²) < 4.78 is 28.3. The summed E-state index contributed by atoms with van der Waals surface area (Å²) in [4.78, 5) is 4.42. The summed E-state index contributed by atoms with van der Waals surface area (Å²) in [5.41, 5.74) is 1.45. The summed E-state index contributed by atoms with van der Waals surface area (Å²) in [7, 11) is 0. The summed E-state index contributed by atoms with van der Waals surface area (Å²) in [6, 6.07) is 3.65. The Morgan fingerprint density at radius 2 is 2.00 bits per heavy atom. The fourth-order valence-electron chi connectivity index (χ4n) is 1.80. The van der Waals surface area contributed by atoms with Gasteiger partial charge < -0.3 is 4.57 Å². The van der Waals surface area contributed by atoms with E-state index in [2.05, 4.69) is 18.8 Å². The number of hydrogen-bond acceptors (Lipinski definition) is 1. The molecule has 0 saturated heterocycles. The van der Waals surface area contributed by atoms with Crippen LogP contribution in [0, 0.1) is 18.6 Å². The minimum Gasteiger partial charge on any atom is -0.330 e. The number of hydrogen-bond donors (Lipinski definition) is 0. The van der Waals surface area contributed by atoms with Gasteiger partial charge in [0.1, 0.15) is 17.5 Å². The topological polar surface area (TPSA) is 17.8 Å². The van der Waals surface area contributed by atoms with Crippen LogP contribution in [-0.2, 0) is 6.54 Å². The Morgan fingerprint density at radius 1 is 1.28 bits per heavy atom. The van der Waals surface area contributed by atoms with Gasteiger partial charge in [-0.2, -0.15) is 0 Å². The van der Waals surface area contributed by atoms with E-state index in [1.807, 2.05) is 17.7 Å². The first-order chi connectivity index (χ1) is 8.47. The molecule has 1 aromatic carbocycles. The third-order valence-electron chi connectivity index (χ3n) is 2.94. The van der Waals surface area contributed by atoms with Crippen molar-refractivity contribution in [2.24, 2.45) is 0 Å². The lowest BCUT2D eigenvalue weighted by Crippen LogP contribution is -2.03. The SMILES string of the molecule is Cc1nc(C(C)C)cn1Cc1ccc(F)cc1F. The average Bonchev–Trinajstić information content (AvgIpc) is 2.64. The van der Waals surface area contributed by atoms with Crippen LogP contribution < -0.4 is 0 Å². The van der Waals surface area contributed by atoms with Gasteiger partial charge in [0.25, 0.3) is 0 Å². The molecule has 96 valence electrons. The molecule has 0 aliphatic heterocycles. The molecule has 4 heteroatoms. The highest BCUT2D eigenvalue weighted by atomic mass is 19.1. The molecule has 0 amide bonds. The zero-order valence-corrected chi connectivity index (χ0v) is 10.7. The van der Waals surface area contributed by atoms with E-state index in [1.165, 1.54) is 12.1 Å². The van der Waals surface area contributed by atoms with Crippen molar-refractivity contribution in [1.29, 1.82) is 0 Å². The fraction of sp³-hybridized carbons (Fsp3) is 0.357. The molecule has 0 aliphatic carbocycles. The number of aryl methyl sites for hydroxylation is 1. The molecule has 2 rings (SSSR count). The van der Waals surface area contributed by atoms with Gasteiger partial charge >= 0.3 is 0 Å². The van der Waals surface area contributed by atoms with Gasteiger partial charge in [-0.05, 0) is 18.9 Å². The number of nitrogens with zero attached hydrogens (tertiary/aromatic N) is 2. The summed E-state index contributed by atoms with van der Waals surface area (Å²) in [6.45, 7) is 6.38. The minimum absolute atomic E-state index is 0.336. The Labute approximate surface area is 105 Å². The highest BCUT2D eigenvalue weighted by Gasteiger charge is 2.10. The second-order valence-corrected chi connectivity index (χ2v) is 4.73. The lowest BCUT2D eigenvalue weighted by Gasteiger charge is -2.06. The van der Waals surface area contributed by atoms with Crippen molar-refractivity contribution < 1.29 is 8.78 Å². The third kappa shape index (κ3) is 2.58. The van der Waals surface area contributed by atoms with Crippen molar-refractivity contribution in [2.75, 3.05) is 0 Å². The second kappa shape index (κ2) is 4.88. The normalized spacial score (nSPS) is 11.2. The Morgan fingerprint density at radius 3 is 2.56 bits per heavy atom. The van der Waals surface area contributed by atoms with Crippen molar-refractivity contribution in [3.63, 3.8) is 0 Å². The lowest BCUT2D eigenvalue weighted by atomic mass is 10.1. The Bertz CT molecular complexity index is 559. The van der Waals surface area contributed by atoms with E-state index in [4.69, 9.17) is 0 Å². The number of halogens is 2. The lowest BCUT2D eigenvalue weighted by molar-refractivity contribution is 0.565. The molecule has 0 N–H and O–H groups in total. The molecule has 0 radical (unpaired) electrons. The van der Waals surface area contributed by atoms with Crippen molar-refractivity contribution in [3.05, 3.63) is 53.1 Å². The molecule has 0 fully saturated rings. The van der Waals surface area contributed by atoms with E-state index >= 15 is 0 Å². The summed E-state index contributed by atoms with van der Waals surface area (Å²) in [5, 5.41) is 0. The van der Waals surface area contributed by atoms with Crippen molar-refractivity contribution in [1.82, 2.24) is 9.55 Å². The molecule has 0 aliphatic rings. The van der Waals surface area contributed by atoms with E-state index in [-0.39, 0.29) is 0 Å². The summed E-state index contributed by atoms with van der Waals surface area (Å²) >= 11 is 0. The molecular weight excluding hydrogens is 234 g/mol. The van der Waals surface area contributed by atoms with Crippen LogP contribution in [0.3, 0.4) is 0 Å². The van der Waals surface area contributed by atoms with Crippen LogP contribution in [0.15, 0.2) is 24.4 Å². The molecule has 1 aromatic heterocycles. The maximum absolute atomic E-state index is 13.6. The quantitative estimate of drug-likeness (QED) is 0.813. The van der Waals surface area contributed by atoms with Gasteiger partial charge in [-0.1, -0.05) is 19.9 Å². The van der Waals surface area contributed by atoms with Crippen molar-refractivity contribution in [3.8, 4) is 0 Å². The molecule has 0 spiro atoms. The van der Waals surface area contributed by atoms with E-state index in [0.717, 1.165) is 17.6 Å². The Kier molecular flexibility index (Phi) is 3.45. The first-order valence-corrected chi connectivity index (χ1v) is 5.95. The van der Waals surface area contributed by atoms with Crippen LogP contribution >= 0.6 is 0 Å². The van der Waals surface area contributed by atoms with Crippen molar-refractivity contribution in [2.45, 2.75) is 33.2 Å². The minimum atomic E-state index is -0.554. The van der Waals surface area contributed by atoms with Gasteiger partial charge in [-0.3, -0.25) is 0 Å². The van der Waals surface area contributed by atoms with Gasteiger partial charge in [0.2, 0.25) is 0 Å². The average molecular weight is 250 g/mol. The summed E-state index contributed by atoms with van der Waals surface area (Å²) in [5.74, 6) is 0.0982. The number of imidazole rings is 1. The fourth-order valence-corrected chi connectivity index (χ4v) is 1.80. The number of benzene rings is 1. The van der Waals surface area contributed by atoms with Crippen molar-refractivity contribution >= 4 is 0 Å². The van der Waals surface area contributed by atoms with Crippen LogP contribution in [0.25, 0.3) is 0 Å². The molecule has 0 bridgehead atoms. The molecule has 0 unspecified atom stereocenters. The van der Waals surface area contributed by atoms with Crippen LogP contribution in [0.4, 0.5) is 8.78 Å². The highest BCUT2D eigenvalue weighted by molar-refractivity contribution is 5.20. The molecule has 0 saturated carbocycles. The molecule has 1 heterocycles. The van der Waals surface area contributed by atoms with E-state index in [9.17, 15) is 8.78 Å². The number of rotatable bonds is 3. The largest absolute Gasteiger partial charge is 0.330 e. The van der Waals surface area contributed by atoms with Crippen LogP contribution in [0.2, 0.25) is 0 Å². The number of aromatic nitrogens is 2. The zero-order chi connectivity index (χ0) is 13.3. The smallest absolute Gasteiger partial charge is 0.131 e. The predicted molar refractivity (Wildman–Crippen MR) is 66.5 cm³/mol. The Hall–Kier alpha value is -1.71. The zero-order valence-electron chi connectivity index (χ0n) is 10.7. The highest BCUT2D eigenvalue weighted by Crippen LogP contribution is 2.16. The maximum atomic E-state index is 13.6. The monoisotopic (exact) mass is 250 g/mol. The first-order valence-electron chi connectivity index (χ1n) is 5.95.